The number of primary amides is 1. The molecule has 0 aliphatic rings. The van der Waals surface area contributed by atoms with Gasteiger partial charge >= 0.3 is 5.97 Å². The van der Waals surface area contributed by atoms with Crippen molar-refractivity contribution in [3.8, 4) is 0 Å². The maximum absolute atomic E-state index is 13.2. The van der Waals surface area contributed by atoms with Gasteiger partial charge in [-0.05, 0) is 12.3 Å². The number of nitrogens with one attached hydrogen (secondary N) is 5. The number of aliphatic carboxylic acids is 1. The molecule has 4 unspecified atom stereocenters. The Morgan fingerprint density at radius 1 is 0.892 bits per heavy atom. The minimum atomic E-state index is -1.29. The number of carboxylic acids is 1. The molecule has 10 N–H and O–H groups in total. The molecule has 0 aliphatic carbocycles. The molecule has 2 aromatic rings. The number of aromatic amines is 2. The fraction of sp³-hybridized carbons (Fsp3) is 0.500. The monoisotopic (exact) mass is 519 g/mol. The lowest BCUT2D eigenvalue weighted by Crippen LogP contribution is -2.59. The summed E-state index contributed by atoms with van der Waals surface area (Å²) in [5.41, 5.74) is 11.9. The molecule has 2 aromatic heterocycles. The highest BCUT2D eigenvalue weighted by Gasteiger charge is 2.32. The van der Waals surface area contributed by atoms with E-state index >= 15 is 0 Å². The summed E-state index contributed by atoms with van der Waals surface area (Å²) in [6.45, 7) is 3.38. The topological polar surface area (TPSA) is 251 Å². The van der Waals surface area contributed by atoms with Crippen LogP contribution in [-0.4, -0.2) is 78.8 Å². The fourth-order valence-electron chi connectivity index (χ4n) is 3.40. The summed E-state index contributed by atoms with van der Waals surface area (Å²) in [4.78, 5) is 74.8. The molecule has 0 bridgehead atoms. The molecule has 2 heterocycles. The fourth-order valence-corrected chi connectivity index (χ4v) is 3.40. The van der Waals surface area contributed by atoms with Crippen LogP contribution >= 0.6 is 0 Å². The van der Waals surface area contributed by atoms with Crippen LogP contribution < -0.4 is 27.4 Å². The Balaban J connectivity index is 2.15. The van der Waals surface area contributed by atoms with Gasteiger partial charge in [-0.25, -0.2) is 14.8 Å². The van der Waals surface area contributed by atoms with Gasteiger partial charge in [-0.1, -0.05) is 13.8 Å². The second-order valence-electron chi connectivity index (χ2n) is 8.86. The number of imidazole rings is 2. The lowest BCUT2D eigenvalue weighted by molar-refractivity contribution is -0.142. The molecule has 15 heteroatoms. The van der Waals surface area contributed by atoms with Crippen LogP contribution in [0.4, 0.5) is 0 Å². The van der Waals surface area contributed by atoms with Gasteiger partial charge in [0.2, 0.25) is 23.6 Å². The minimum Gasteiger partial charge on any atom is -0.480 e. The molecule has 15 nitrogen and oxygen atoms in total. The maximum Gasteiger partial charge on any atom is 0.326 e. The van der Waals surface area contributed by atoms with Crippen molar-refractivity contribution in [3.63, 3.8) is 0 Å². The van der Waals surface area contributed by atoms with Crippen molar-refractivity contribution in [1.29, 1.82) is 0 Å². The summed E-state index contributed by atoms with van der Waals surface area (Å²) >= 11 is 0. The smallest absolute Gasteiger partial charge is 0.326 e. The molecule has 0 aromatic carbocycles. The SMILES string of the molecule is CC(C)C(NC(=O)C(N)CCC(N)=O)C(=O)NC(Cc1cnc[nH]1)C(=O)NC(Cc1cnc[nH]1)C(=O)O. The summed E-state index contributed by atoms with van der Waals surface area (Å²) < 4.78 is 0. The quantitative estimate of drug-likeness (QED) is 0.126. The van der Waals surface area contributed by atoms with Gasteiger partial charge in [-0.15, -0.1) is 0 Å². The molecule has 2 rings (SSSR count). The molecule has 0 fully saturated rings. The van der Waals surface area contributed by atoms with E-state index in [0.29, 0.717) is 11.4 Å². The minimum absolute atomic E-state index is 0.00532. The van der Waals surface area contributed by atoms with Crippen molar-refractivity contribution >= 4 is 29.6 Å². The third kappa shape index (κ3) is 9.36. The van der Waals surface area contributed by atoms with Crippen molar-refractivity contribution in [2.45, 2.75) is 63.7 Å². The van der Waals surface area contributed by atoms with Crippen molar-refractivity contribution < 1.29 is 29.1 Å². The van der Waals surface area contributed by atoms with Crippen LogP contribution in [-0.2, 0) is 36.8 Å². The van der Waals surface area contributed by atoms with Gasteiger partial charge in [0, 0.05) is 43.0 Å². The van der Waals surface area contributed by atoms with Gasteiger partial charge in [0.05, 0.1) is 18.7 Å². The first kappa shape index (κ1) is 29.0. The largest absolute Gasteiger partial charge is 0.480 e. The van der Waals surface area contributed by atoms with Crippen LogP contribution in [0.1, 0.15) is 38.1 Å². The van der Waals surface area contributed by atoms with Gasteiger partial charge in [-0.2, -0.15) is 0 Å². The molecule has 4 amide bonds. The highest BCUT2D eigenvalue weighted by molar-refractivity contribution is 5.94. The van der Waals surface area contributed by atoms with Gasteiger partial charge in [0.1, 0.15) is 18.1 Å². The number of aromatic nitrogens is 4. The molecule has 202 valence electrons. The predicted octanol–water partition coefficient (Wildman–Crippen LogP) is -2.29. The number of carbonyl (C=O) groups is 5. The third-order valence-corrected chi connectivity index (χ3v) is 5.49. The predicted molar refractivity (Wildman–Crippen MR) is 129 cm³/mol. The first-order chi connectivity index (χ1) is 17.5. The normalized spacial score (nSPS) is 14.3. The van der Waals surface area contributed by atoms with E-state index in [-0.39, 0.29) is 25.7 Å². The molecular formula is C22H33N9O6. The number of nitrogens with two attached hydrogens (primary N) is 2. The summed E-state index contributed by atoms with van der Waals surface area (Å²) in [7, 11) is 0. The highest BCUT2D eigenvalue weighted by Crippen LogP contribution is 2.07. The van der Waals surface area contributed by atoms with E-state index in [9.17, 15) is 29.1 Å². The zero-order valence-corrected chi connectivity index (χ0v) is 20.6. The third-order valence-electron chi connectivity index (χ3n) is 5.49. The van der Waals surface area contributed by atoms with E-state index < -0.39 is 59.7 Å². The lowest BCUT2D eigenvalue weighted by atomic mass is 10.0. The standard InChI is InChI=1S/C22H33N9O6/c1-11(2)18(31-19(33)14(23)3-4-17(24)32)21(35)29-15(5-12-7-25-9-27-12)20(34)30-16(22(36)37)6-13-8-26-10-28-13/h7-11,14-16,18H,3-6,23H2,1-2H3,(H2,24,32)(H,25,27)(H,26,28)(H,29,35)(H,30,34)(H,31,33)(H,36,37). The maximum atomic E-state index is 13.2. The molecule has 0 saturated heterocycles. The second kappa shape index (κ2) is 13.7. The van der Waals surface area contributed by atoms with E-state index in [0.717, 1.165) is 0 Å². The highest BCUT2D eigenvalue weighted by atomic mass is 16.4. The van der Waals surface area contributed by atoms with E-state index in [2.05, 4.69) is 35.9 Å². The van der Waals surface area contributed by atoms with Crippen LogP contribution in [0.5, 0.6) is 0 Å². The molecular weight excluding hydrogens is 486 g/mol. The van der Waals surface area contributed by atoms with Crippen LogP contribution in [0.2, 0.25) is 0 Å². The Bertz CT molecular complexity index is 1050. The molecule has 0 aliphatic heterocycles. The Hall–Kier alpha value is -4.27. The number of H-pyrrole nitrogens is 2. The summed E-state index contributed by atoms with van der Waals surface area (Å²) in [6.07, 6.45) is 5.52. The van der Waals surface area contributed by atoms with Crippen LogP contribution in [0.25, 0.3) is 0 Å². The van der Waals surface area contributed by atoms with Crippen LogP contribution in [0.3, 0.4) is 0 Å². The summed E-state index contributed by atoms with van der Waals surface area (Å²) in [5, 5.41) is 17.2. The average molecular weight is 520 g/mol. The second-order valence-corrected chi connectivity index (χ2v) is 8.86. The first-order valence-electron chi connectivity index (χ1n) is 11.6. The van der Waals surface area contributed by atoms with Crippen LogP contribution in [0.15, 0.2) is 25.0 Å². The summed E-state index contributed by atoms with van der Waals surface area (Å²) in [5.74, 6) is -4.36. The number of rotatable bonds is 15. The van der Waals surface area contributed by atoms with Gasteiger partial charge in [-0.3, -0.25) is 19.2 Å². The zero-order valence-electron chi connectivity index (χ0n) is 20.6. The van der Waals surface area contributed by atoms with Crippen molar-refractivity contribution in [1.82, 2.24) is 35.9 Å². The lowest BCUT2D eigenvalue weighted by Gasteiger charge is -2.26. The van der Waals surface area contributed by atoms with Gasteiger partial charge < -0.3 is 42.5 Å². The molecule has 0 saturated carbocycles. The van der Waals surface area contributed by atoms with E-state index in [1.165, 1.54) is 25.0 Å². The van der Waals surface area contributed by atoms with Gasteiger partial charge in [0.25, 0.3) is 0 Å². The van der Waals surface area contributed by atoms with Crippen molar-refractivity contribution in [2.75, 3.05) is 0 Å². The van der Waals surface area contributed by atoms with E-state index in [4.69, 9.17) is 11.5 Å². The Labute approximate surface area is 212 Å². The Morgan fingerprint density at radius 3 is 1.89 bits per heavy atom. The number of nitrogens with zero attached hydrogens (tertiary/aromatic N) is 2. The number of hydrogen-bond donors (Lipinski definition) is 8. The zero-order chi connectivity index (χ0) is 27.5. The number of carbonyl (C=O) groups excluding carboxylic acids is 4. The van der Waals surface area contributed by atoms with E-state index in [1.807, 2.05) is 0 Å². The molecule has 37 heavy (non-hydrogen) atoms. The van der Waals surface area contributed by atoms with E-state index in [1.54, 1.807) is 13.8 Å². The Kier molecular flexibility index (Phi) is 10.7. The van der Waals surface area contributed by atoms with Crippen LogP contribution in [0, 0.1) is 5.92 Å². The molecule has 4 atom stereocenters. The average Bonchev–Trinajstić information content (AvgIpc) is 3.53. The summed E-state index contributed by atoms with van der Waals surface area (Å²) in [6, 6.07) is -4.62. The van der Waals surface area contributed by atoms with Gasteiger partial charge in [0.15, 0.2) is 0 Å². The number of carboxylic acid groups (broad SMARTS) is 1. The number of amides is 4. The first-order valence-corrected chi connectivity index (χ1v) is 11.6. The number of hydrogen-bond acceptors (Lipinski definition) is 8. The van der Waals surface area contributed by atoms with Crippen molar-refractivity contribution in [2.24, 2.45) is 17.4 Å². The molecule has 0 spiro atoms. The molecule has 0 radical (unpaired) electrons. The van der Waals surface area contributed by atoms with Crippen molar-refractivity contribution in [3.05, 3.63) is 36.4 Å². The Morgan fingerprint density at radius 2 is 1.43 bits per heavy atom.